The zero-order chi connectivity index (χ0) is 12.7. The predicted molar refractivity (Wildman–Crippen MR) is 63.1 cm³/mol. The van der Waals surface area contributed by atoms with Gasteiger partial charge in [-0.3, -0.25) is 0 Å². The van der Waals surface area contributed by atoms with Crippen LogP contribution in [0, 0.1) is 17.0 Å². The molecule has 8 heteroatoms. The molecule has 1 aromatic rings. The molecule has 0 radical (unpaired) electrons. The van der Waals surface area contributed by atoms with Crippen molar-refractivity contribution in [2.45, 2.75) is 6.92 Å². The van der Waals surface area contributed by atoms with Crippen molar-refractivity contribution in [2.75, 3.05) is 0 Å². The standard InChI is InChI=1S/C8H10BrN3.HNO3/c1-5-2-3-6(4-7(5)9)12-8(10)11;2-1(3)4/h2-4H,1H3,(H4,10,11,12);(H,2,3,4). The summed E-state index contributed by atoms with van der Waals surface area (Å²) in [6.45, 7) is 2.00. The van der Waals surface area contributed by atoms with Gasteiger partial charge < -0.3 is 16.7 Å². The number of halogens is 1. The molecule has 0 saturated carbocycles. The summed E-state index contributed by atoms with van der Waals surface area (Å²) >= 11 is 3.39. The lowest BCUT2D eigenvalue weighted by Crippen LogP contribution is -2.21. The van der Waals surface area contributed by atoms with Crippen LogP contribution in [0.1, 0.15) is 5.56 Å². The summed E-state index contributed by atoms with van der Waals surface area (Å²) in [5.74, 6) is 0.0748. The monoisotopic (exact) mass is 290 g/mol. The highest BCUT2D eigenvalue weighted by molar-refractivity contribution is 9.10. The van der Waals surface area contributed by atoms with Crippen molar-refractivity contribution in [2.24, 2.45) is 16.5 Å². The molecule has 1 aromatic carbocycles. The summed E-state index contributed by atoms with van der Waals surface area (Å²) in [7, 11) is 0. The van der Waals surface area contributed by atoms with E-state index in [-0.39, 0.29) is 5.96 Å². The second-order valence-corrected chi connectivity index (χ2v) is 3.56. The zero-order valence-electron chi connectivity index (χ0n) is 8.42. The summed E-state index contributed by atoms with van der Waals surface area (Å²) in [6.07, 6.45) is 0. The number of rotatable bonds is 1. The number of aliphatic imine (C=N–C) groups is 1. The van der Waals surface area contributed by atoms with Gasteiger partial charge in [-0.05, 0) is 24.6 Å². The second kappa shape index (κ2) is 6.62. The van der Waals surface area contributed by atoms with Crippen molar-refractivity contribution in [1.82, 2.24) is 0 Å². The van der Waals surface area contributed by atoms with Crippen LogP contribution in [0.25, 0.3) is 0 Å². The number of nitrogens with zero attached hydrogens (tertiary/aromatic N) is 2. The average molecular weight is 291 g/mol. The van der Waals surface area contributed by atoms with Crippen LogP contribution in [-0.2, 0) is 0 Å². The van der Waals surface area contributed by atoms with E-state index in [0.29, 0.717) is 0 Å². The van der Waals surface area contributed by atoms with Gasteiger partial charge in [-0.2, -0.15) is 0 Å². The third-order valence-electron chi connectivity index (χ3n) is 1.41. The Labute approximate surface area is 100 Å². The Bertz CT molecular complexity index is 400. The van der Waals surface area contributed by atoms with E-state index >= 15 is 0 Å². The lowest BCUT2D eigenvalue weighted by molar-refractivity contribution is -0.742. The minimum Gasteiger partial charge on any atom is -0.370 e. The van der Waals surface area contributed by atoms with Crippen LogP contribution >= 0.6 is 15.9 Å². The Morgan fingerprint density at radius 1 is 1.56 bits per heavy atom. The van der Waals surface area contributed by atoms with Crippen molar-refractivity contribution in [3.05, 3.63) is 38.3 Å². The number of benzene rings is 1. The molecular weight excluding hydrogens is 280 g/mol. The number of nitrogens with two attached hydrogens (primary N) is 2. The molecule has 7 nitrogen and oxygen atoms in total. The largest absolute Gasteiger partial charge is 0.370 e. The fraction of sp³-hybridized carbons (Fsp3) is 0.125. The molecular formula is C8H11BrN4O3. The maximum Gasteiger partial charge on any atom is 0.291 e. The topological polar surface area (TPSA) is 128 Å². The highest BCUT2D eigenvalue weighted by Gasteiger charge is 1.95. The van der Waals surface area contributed by atoms with Crippen LogP contribution in [-0.4, -0.2) is 16.3 Å². The lowest BCUT2D eigenvalue weighted by Gasteiger charge is -1.99. The van der Waals surface area contributed by atoms with Crippen LogP contribution in [0.5, 0.6) is 0 Å². The van der Waals surface area contributed by atoms with E-state index in [2.05, 4.69) is 20.9 Å². The van der Waals surface area contributed by atoms with Gasteiger partial charge in [0, 0.05) is 4.47 Å². The fourth-order valence-electron chi connectivity index (χ4n) is 0.800. The van der Waals surface area contributed by atoms with Gasteiger partial charge in [0.05, 0.1) is 5.69 Å². The number of aryl methyl sites for hydroxylation is 1. The van der Waals surface area contributed by atoms with Crippen molar-refractivity contribution in [1.29, 1.82) is 0 Å². The maximum absolute atomic E-state index is 8.36. The molecule has 0 fully saturated rings. The van der Waals surface area contributed by atoms with Crippen molar-refractivity contribution >= 4 is 27.6 Å². The Kier molecular flexibility index (Phi) is 5.86. The molecule has 0 aliphatic heterocycles. The van der Waals surface area contributed by atoms with Gasteiger partial charge in [-0.25, -0.2) is 4.99 Å². The van der Waals surface area contributed by atoms with Gasteiger partial charge in [-0.15, -0.1) is 10.1 Å². The minimum absolute atomic E-state index is 0.0748. The summed E-state index contributed by atoms with van der Waals surface area (Å²) in [5.41, 5.74) is 12.4. The zero-order valence-corrected chi connectivity index (χ0v) is 10.0. The molecule has 0 heterocycles. The normalized spacial score (nSPS) is 8.62. The summed E-state index contributed by atoms with van der Waals surface area (Å²) in [6, 6.07) is 5.68. The van der Waals surface area contributed by atoms with Crippen LogP contribution in [0.15, 0.2) is 27.7 Å². The molecule has 5 N–H and O–H groups in total. The van der Waals surface area contributed by atoms with E-state index in [9.17, 15) is 0 Å². The van der Waals surface area contributed by atoms with Crippen molar-refractivity contribution in [3.8, 4) is 0 Å². The van der Waals surface area contributed by atoms with Gasteiger partial charge in [0.1, 0.15) is 0 Å². The van der Waals surface area contributed by atoms with Gasteiger partial charge >= 0.3 is 0 Å². The first kappa shape index (κ1) is 14.2. The molecule has 0 aliphatic rings. The van der Waals surface area contributed by atoms with Crippen molar-refractivity contribution < 1.29 is 10.3 Å². The molecule has 0 aliphatic carbocycles. The SMILES string of the molecule is Cc1ccc(N=C(N)N)cc1Br.O=[N+]([O-])O. The quantitative estimate of drug-likeness (QED) is 0.311. The molecule has 0 atom stereocenters. The third-order valence-corrected chi connectivity index (χ3v) is 2.27. The second-order valence-electron chi connectivity index (χ2n) is 2.71. The Morgan fingerprint density at radius 3 is 2.44 bits per heavy atom. The van der Waals surface area contributed by atoms with Gasteiger partial charge in [0.25, 0.3) is 5.09 Å². The van der Waals surface area contributed by atoms with Gasteiger partial charge in [-0.1, -0.05) is 22.0 Å². The minimum atomic E-state index is -1.50. The van der Waals surface area contributed by atoms with Crippen LogP contribution in [0.2, 0.25) is 0 Å². The number of hydrogen-bond acceptors (Lipinski definition) is 3. The van der Waals surface area contributed by atoms with Crippen molar-refractivity contribution in [3.63, 3.8) is 0 Å². The van der Waals surface area contributed by atoms with Crippen LogP contribution in [0.3, 0.4) is 0 Å². The maximum atomic E-state index is 8.36. The Hall–Kier alpha value is -1.83. The molecule has 0 bridgehead atoms. The third kappa shape index (κ3) is 6.60. The summed E-state index contributed by atoms with van der Waals surface area (Å²) in [4.78, 5) is 12.3. The molecule has 16 heavy (non-hydrogen) atoms. The Balaban J connectivity index is 0.000000487. The number of guanidine groups is 1. The first-order valence-corrected chi connectivity index (χ1v) is 4.81. The predicted octanol–water partition coefficient (Wildman–Crippen LogP) is 1.31. The van der Waals surface area contributed by atoms with E-state index in [1.54, 1.807) is 0 Å². The Morgan fingerprint density at radius 2 is 2.06 bits per heavy atom. The fourth-order valence-corrected chi connectivity index (χ4v) is 1.17. The number of hydrogen-bond donors (Lipinski definition) is 3. The first-order valence-electron chi connectivity index (χ1n) is 4.02. The molecule has 0 unspecified atom stereocenters. The molecule has 1 rings (SSSR count). The summed E-state index contributed by atoms with van der Waals surface area (Å²) < 4.78 is 1.00. The van der Waals surface area contributed by atoms with Crippen LogP contribution < -0.4 is 11.5 Å². The highest BCUT2D eigenvalue weighted by atomic mass is 79.9. The highest BCUT2D eigenvalue weighted by Crippen LogP contribution is 2.22. The van der Waals surface area contributed by atoms with E-state index in [4.69, 9.17) is 26.8 Å². The average Bonchev–Trinajstić information content (AvgIpc) is 2.09. The smallest absolute Gasteiger partial charge is 0.291 e. The molecule has 0 aromatic heterocycles. The lowest BCUT2D eigenvalue weighted by atomic mass is 10.2. The van der Waals surface area contributed by atoms with E-state index in [1.807, 2.05) is 25.1 Å². The van der Waals surface area contributed by atoms with E-state index in [0.717, 1.165) is 15.7 Å². The molecule has 0 amide bonds. The van der Waals surface area contributed by atoms with Gasteiger partial charge in [0.15, 0.2) is 5.96 Å². The molecule has 0 spiro atoms. The molecule has 88 valence electrons. The molecule has 0 saturated heterocycles. The summed E-state index contributed by atoms with van der Waals surface area (Å²) in [5, 5.41) is 13.6. The van der Waals surface area contributed by atoms with Gasteiger partial charge in [0.2, 0.25) is 0 Å². The van der Waals surface area contributed by atoms with Crippen LogP contribution in [0.4, 0.5) is 5.69 Å². The first-order chi connectivity index (χ1) is 7.32. The van der Waals surface area contributed by atoms with E-state index in [1.165, 1.54) is 0 Å². The van der Waals surface area contributed by atoms with E-state index < -0.39 is 5.09 Å².